The summed E-state index contributed by atoms with van der Waals surface area (Å²) >= 11 is 1.70. The monoisotopic (exact) mass is 156 g/mol. The lowest BCUT2D eigenvalue weighted by Crippen LogP contribution is -2.15. The van der Waals surface area contributed by atoms with Crippen molar-refractivity contribution in [1.82, 2.24) is 4.98 Å². The highest BCUT2D eigenvalue weighted by atomic mass is 32.1. The Balaban J connectivity index is 2.28. The number of hydrogen-bond acceptors (Lipinski definition) is 3. The van der Waals surface area contributed by atoms with Gasteiger partial charge in [0.05, 0.1) is 5.01 Å². The van der Waals surface area contributed by atoms with Crippen molar-refractivity contribution in [3.05, 3.63) is 16.6 Å². The number of aromatic nitrogens is 1. The average molecular weight is 156 g/mol. The van der Waals surface area contributed by atoms with E-state index in [1.165, 1.54) is 5.01 Å². The first-order valence-corrected chi connectivity index (χ1v) is 4.31. The van der Waals surface area contributed by atoms with Gasteiger partial charge in [0.1, 0.15) is 0 Å². The normalized spacial score (nSPS) is 13.4. The molecule has 0 unspecified atom stereocenters. The van der Waals surface area contributed by atoms with Crippen molar-refractivity contribution in [2.75, 3.05) is 0 Å². The Morgan fingerprint density at radius 2 is 2.60 bits per heavy atom. The zero-order chi connectivity index (χ0) is 7.40. The second-order valence-corrected chi connectivity index (χ2v) is 3.42. The molecule has 1 atom stereocenters. The summed E-state index contributed by atoms with van der Waals surface area (Å²) < 4.78 is 0. The topological polar surface area (TPSA) is 38.9 Å². The number of nitrogens with zero attached hydrogens (tertiary/aromatic N) is 1. The third-order valence-electron chi connectivity index (χ3n) is 1.30. The van der Waals surface area contributed by atoms with E-state index in [-0.39, 0.29) is 0 Å². The number of hydrogen-bond donors (Lipinski definition) is 1. The van der Waals surface area contributed by atoms with Gasteiger partial charge in [-0.2, -0.15) is 0 Å². The minimum absolute atomic E-state index is 0.295. The fourth-order valence-corrected chi connectivity index (χ4v) is 1.36. The summed E-state index contributed by atoms with van der Waals surface area (Å²) in [5, 5.41) is 3.19. The Bertz CT molecular complexity index is 170. The summed E-state index contributed by atoms with van der Waals surface area (Å²) in [7, 11) is 0. The molecule has 10 heavy (non-hydrogen) atoms. The molecule has 0 spiro atoms. The molecule has 0 aromatic carbocycles. The molecule has 2 nitrogen and oxygen atoms in total. The van der Waals surface area contributed by atoms with E-state index < -0.39 is 0 Å². The van der Waals surface area contributed by atoms with Gasteiger partial charge in [-0.25, -0.2) is 4.98 Å². The number of thiazole rings is 1. The Morgan fingerprint density at radius 3 is 3.10 bits per heavy atom. The van der Waals surface area contributed by atoms with Crippen LogP contribution in [-0.4, -0.2) is 11.0 Å². The standard InChI is InChI=1S/C7H12N2S/c1-6(8)2-3-7-9-4-5-10-7/h4-6H,2-3,8H2,1H3/t6-/m1/s1. The molecule has 1 aromatic rings. The lowest BCUT2D eigenvalue weighted by molar-refractivity contribution is 0.664. The number of nitrogens with two attached hydrogens (primary N) is 1. The van der Waals surface area contributed by atoms with Gasteiger partial charge in [0.15, 0.2) is 0 Å². The largest absolute Gasteiger partial charge is 0.328 e. The van der Waals surface area contributed by atoms with Gasteiger partial charge in [-0.15, -0.1) is 11.3 Å². The van der Waals surface area contributed by atoms with Crippen LogP contribution in [0.1, 0.15) is 18.4 Å². The van der Waals surface area contributed by atoms with Gasteiger partial charge in [0.2, 0.25) is 0 Å². The Labute approximate surface area is 65.1 Å². The highest BCUT2D eigenvalue weighted by molar-refractivity contribution is 7.09. The second-order valence-electron chi connectivity index (χ2n) is 2.44. The maximum absolute atomic E-state index is 5.59. The van der Waals surface area contributed by atoms with Crippen molar-refractivity contribution in [1.29, 1.82) is 0 Å². The number of aryl methyl sites for hydroxylation is 1. The molecular formula is C7H12N2S. The maximum Gasteiger partial charge on any atom is 0.0925 e. The van der Waals surface area contributed by atoms with E-state index in [0.29, 0.717) is 6.04 Å². The van der Waals surface area contributed by atoms with Crippen LogP contribution in [0.4, 0.5) is 0 Å². The number of rotatable bonds is 3. The molecule has 0 amide bonds. The van der Waals surface area contributed by atoms with Crippen molar-refractivity contribution in [3.8, 4) is 0 Å². The predicted molar refractivity (Wildman–Crippen MR) is 44.1 cm³/mol. The fraction of sp³-hybridized carbons (Fsp3) is 0.571. The molecule has 2 N–H and O–H groups in total. The van der Waals surface area contributed by atoms with E-state index in [0.717, 1.165) is 12.8 Å². The summed E-state index contributed by atoms with van der Waals surface area (Å²) in [6, 6.07) is 0.295. The third kappa shape index (κ3) is 2.45. The van der Waals surface area contributed by atoms with Gasteiger partial charge >= 0.3 is 0 Å². The van der Waals surface area contributed by atoms with Crippen LogP contribution in [0, 0.1) is 0 Å². The van der Waals surface area contributed by atoms with Gasteiger partial charge in [0.25, 0.3) is 0 Å². The first-order chi connectivity index (χ1) is 4.79. The summed E-state index contributed by atoms with van der Waals surface area (Å²) in [5.74, 6) is 0. The average Bonchev–Trinajstić information content (AvgIpc) is 2.34. The van der Waals surface area contributed by atoms with Crippen molar-refractivity contribution < 1.29 is 0 Å². The molecule has 3 heteroatoms. The summed E-state index contributed by atoms with van der Waals surface area (Å²) in [4.78, 5) is 4.15. The molecule has 1 aromatic heterocycles. The quantitative estimate of drug-likeness (QED) is 0.719. The Kier molecular flexibility index (Phi) is 2.83. The van der Waals surface area contributed by atoms with Crippen molar-refractivity contribution in [3.63, 3.8) is 0 Å². The highest BCUT2D eigenvalue weighted by Crippen LogP contribution is 2.07. The summed E-state index contributed by atoms with van der Waals surface area (Å²) in [5.41, 5.74) is 5.59. The summed E-state index contributed by atoms with van der Waals surface area (Å²) in [6.07, 6.45) is 3.89. The molecule has 0 fully saturated rings. The molecule has 1 heterocycles. The van der Waals surface area contributed by atoms with Crippen LogP contribution >= 0.6 is 11.3 Å². The lowest BCUT2D eigenvalue weighted by atomic mass is 10.2. The first kappa shape index (κ1) is 7.69. The molecule has 56 valence electrons. The van der Waals surface area contributed by atoms with Gasteiger partial charge in [-0.1, -0.05) is 0 Å². The Morgan fingerprint density at radius 1 is 1.80 bits per heavy atom. The van der Waals surface area contributed by atoms with E-state index in [9.17, 15) is 0 Å². The van der Waals surface area contributed by atoms with Crippen molar-refractivity contribution in [2.45, 2.75) is 25.8 Å². The van der Waals surface area contributed by atoms with Crippen molar-refractivity contribution in [2.24, 2.45) is 5.73 Å². The molecule has 0 aliphatic rings. The molecule has 0 aliphatic heterocycles. The molecule has 1 rings (SSSR count). The van der Waals surface area contributed by atoms with E-state index in [1.54, 1.807) is 11.3 Å². The van der Waals surface area contributed by atoms with E-state index >= 15 is 0 Å². The van der Waals surface area contributed by atoms with Gasteiger partial charge in [-0.3, -0.25) is 0 Å². The Hall–Kier alpha value is -0.410. The van der Waals surface area contributed by atoms with Crippen LogP contribution in [0.5, 0.6) is 0 Å². The van der Waals surface area contributed by atoms with Crippen LogP contribution in [0.2, 0.25) is 0 Å². The van der Waals surface area contributed by atoms with E-state index in [4.69, 9.17) is 5.73 Å². The summed E-state index contributed by atoms with van der Waals surface area (Å²) in [6.45, 7) is 2.02. The first-order valence-electron chi connectivity index (χ1n) is 3.43. The second kappa shape index (κ2) is 3.68. The van der Waals surface area contributed by atoms with E-state index in [1.807, 2.05) is 18.5 Å². The van der Waals surface area contributed by atoms with Crippen LogP contribution in [0.15, 0.2) is 11.6 Å². The minimum atomic E-state index is 0.295. The third-order valence-corrected chi connectivity index (χ3v) is 2.14. The molecular weight excluding hydrogens is 144 g/mol. The molecule has 0 saturated carbocycles. The smallest absolute Gasteiger partial charge is 0.0925 e. The van der Waals surface area contributed by atoms with Gasteiger partial charge in [-0.05, 0) is 13.3 Å². The predicted octanol–water partition coefficient (Wildman–Crippen LogP) is 1.42. The van der Waals surface area contributed by atoms with Crippen LogP contribution < -0.4 is 5.73 Å². The minimum Gasteiger partial charge on any atom is -0.328 e. The molecule has 0 bridgehead atoms. The zero-order valence-electron chi connectivity index (χ0n) is 6.08. The molecule has 0 aliphatic carbocycles. The fourth-order valence-electron chi connectivity index (χ4n) is 0.728. The molecule has 0 saturated heterocycles. The van der Waals surface area contributed by atoms with Crippen LogP contribution in [0.25, 0.3) is 0 Å². The van der Waals surface area contributed by atoms with E-state index in [2.05, 4.69) is 4.98 Å². The SMILES string of the molecule is C[C@@H](N)CCc1nccs1. The van der Waals surface area contributed by atoms with Crippen LogP contribution in [0.3, 0.4) is 0 Å². The zero-order valence-corrected chi connectivity index (χ0v) is 6.90. The van der Waals surface area contributed by atoms with Gasteiger partial charge < -0.3 is 5.73 Å². The van der Waals surface area contributed by atoms with Crippen LogP contribution in [-0.2, 0) is 6.42 Å². The van der Waals surface area contributed by atoms with Crippen molar-refractivity contribution >= 4 is 11.3 Å². The lowest BCUT2D eigenvalue weighted by Gasteiger charge is -2.00. The highest BCUT2D eigenvalue weighted by Gasteiger charge is 1.97. The van der Waals surface area contributed by atoms with Gasteiger partial charge in [0, 0.05) is 24.0 Å². The molecule has 0 radical (unpaired) electrons. The maximum atomic E-state index is 5.59.